The summed E-state index contributed by atoms with van der Waals surface area (Å²) in [6, 6.07) is 5.40. The van der Waals surface area contributed by atoms with E-state index in [0.717, 1.165) is 57.7 Å². The molecule has 7 heteroatoms. The zero-order valence-electron chi connectivity index (χ0n) is 18.9. The fourth-order valence-corrected chi connectivity index (χ4v) is 3.51. The molecule has 0 atom stereocenters. The number of hydrogen-bond acceptors (Lipinski definition) is 6. The molecule has 1 amide bonds. The van der Waals surface area contributed by atoms with E-state index in [9.17, 15) is 9.59 Å². The van der Waals surface area contributed by atoms with Crippen LogP contribution in [0.4, 0.5) is 5.69 Å². The molecular weight excluding hydrogens is 390 g/mol. The molecule has 0 saturated carbocycles. The van der Waals surface area contributed by atoms with Crippen LogP contribution in [0.25, 0.3) is 5.57 Å². The molecule has 0 aromatic heterocycles. The van der Waals surface area contributed by atoms with E-state index in [1.54, 1.807) is 25.5 Å². The molecule has 31 heavy (non-hydrogen) atoms. The van der Waals surface area contributed by atoms with Crippen LogP contribution in [0.5, 0.6) is 0 Å². The van der Waals surface area contributed by atoms with Crippen LogP contribution in [0.2, 0.25) is 0 Å². The van der Waals surface area contributed by atoms with E-state index in [2.05, 4.69) is 34.1 Å². The van der Waals surface area contributed by atoms with E-state index in [1.165, 1.54) is 0 Å². The molecule has 7 nitrogen and oxygen atoms in total. The largest absolute Gasteiger partial charge is 0.390 e. The smallest absolute Gasteiger partial charge is 0.251 e. The second kappa shape index (κ2) is 12.7. The third-order valence-corrected chi connectivity index (χ3v) is 5.37. The molecule has 0 unspecified atom stereocenters. The van der Waals surface area contributed by atoms with Crippen LogP contribution < -0.4 is 15.5 Å². The number of nitrogens with zero attached hydrogens (tertiary/aromatic N) is 3. The highest BCUT2D eigenvalue weighted by Crippen LogP contribution is 2.25. The number of likely N-dealkylation sites (N-methyl/N-ethyl adjacent to an activating group) is 1. The van der Waals surface area contributed by atoms with Crippen molar-refractivity contribution in [3.63, 3.8) is 0 Å². The minimum atomic E-state index is -0.236. The van der Waals surface area contributed by atoms with Gasteiger partial charge in [0.05, 0.1) is 0 Å². The average molecular weight is 426 g/mol. The van der Waals surface area contributed by atoms with Gasteiger partial charge in [-0.1, -0.05) is 12.7 Å². The number of carbonyl (C=O) groups excluding carboxylic acids is 2. The summed E-state index contributed by atoms with van der Waals surface area (Å²) in [5, 5.41) is 5.89. The normalized spacial score (nSPS) is 15.6. The van der Waals surface area contributed by atoms with Crippen molar-refractivity contribution < 1.29 is 9.59 Å². The van der Waals surface area contributed by atoms with Crippen LogP contribution >= 0.6 is 0 Å². The number of carbonyl (C=O) groups is 2. The van der Waals surface area contributed by atoms with E-state index in [4.69, 9.17) is 0 Å². The van der Waals surface area contributed by atoms with Crippen molar-refractivity contribution in [3.8, 4) is 0 Å². The summed E-state index contributed by atoms with van der Waals surface area (Å²) in [5.74, 6) is -0.236. The summed E-state index contributed by atoms with van der Waals surface area (Å²) < 4.78 is 0. The summed E-state index contributed by atoms with van der Waals surface area (Å²) in [6.07, 6.45) is 8.92. The summed E-state index contributed by atoms with van der Waals surface area (Å²) in [6.45, 7) is 11.9. The highest BCUT2D eigenvalue weighted by Gasteiger charge is 2.16. The van der Waals surface area contributed by atoms with Crippen molar-refractivity contribution in [1.82, 2.24) is 20.4 Å². The molecule has 0 spiro atoms. The fraction of sp³-hybridized carbons (Fsp3) is 0.417. The van der Waals surface area contributed by atoms with Crippen molar-refractivity contribution in [2.75, 3.05) is 58.3 Å². The number of allylic oxidation sites excluding steroid dienone is 2. The van der Waals surface area contributed by atoms with Gasteiger partial charge >= 0.3 is 0 Å². The lowest BCUT2D eigenvalue weighted by Crippen LogP contribution is -2.45. The van der Waals surface area contributed by atoms with Gasteiger partial charge in [0, 0.05) is 80.8 Å². The van der Waals surface area contributed by atoms with Gasteiger partial charge in [-0.2, -0.15) is 0 Å². The maximum atomic E-state index is 12.4. The molecule has 1 heterocycles. The average Bonchev–Trinajstić information content (AvgIpc) is 2.80. The van der Waals surface area contributed by atoms with Gasteiger partial charge in [-0.3, -0.25) is 9.59 Å². The van der Waals surface area contributed by atoms with Crippen LogP contribution in [0, 0.1) is 0 Å². The van der Waals surface area contributed by atoms with Crippen LogP contribution in [-0.2, 0) is 4.79 Å². The van der Waals surface area contributed by atoms with Crippen molar-refractivity contribution in [2.45, 2.75) is 13.3 Å². The van der Waals surface area contributed by atoms with Gasteiger partial charge < -0.3 is 25.3 Å². The molecule has 1 aromatic rings. The molecule has 168 valence electrons. The lowest BCUT2D eigenvalue weighted by atomic mass is 9.99. The Morgan fingerprint density at radius 3 is 2.58 bits per heavy atom. The first-order chi connectivity index (χ1) is 15.0. The molecule has 0 radical (unpaired) electrons. The summed E-state index contributed by atoms with van der Waals surface area (Å²) >= 11 is 0. The maximum absolute atomic E-state index is 12.4. The Balaban J connectivity index is 2.12. The lowest BCUT2D eigenvalue weighted by molar-refractivity contribution is -0.103. The number of benzene rings is 1. The Bertz CT molecular complexity index is 810. The van der Waals surface area contributed by atoms with Gasteiger partial charge in [0.25, 0.3) is 5.91 Å². The van der Waals surface area contributed by atoms with Crippen LogP contribution in [-0.4, -0.2) is 75.4 Å². The topological polar surface area (TPSA) is 67.9 Å². The van der Waals surface area contributed by atoms with Crippen LogP contribution in [0.15, 0.2) is 49.5 Å². The molecule has 1 aromatic carbocycles. The standard InChI is InChI=1S/C24H35N5O2/c1-5-11-29(6-2)21-8-9-22(24(31)25-3)23(17-21)20(19-30)18-26-10-7-12-28-15-13-27(4)14-16-28/h5-6,8-9,11,17-19,26H,2,7,10,12-16H2,1,3-4H3,(H,25,31)/b11-5-,20-18+. The highest BCUT2D eigenvalue weighted by molar-refractivity contribution is 6.12. The summed E-state index contributed by atoms with van der Waals surface area (Å²) in [5.41, 5.74) is 2.28. The number of rotatable bonds is 11. The highest BCUT2D eigenvalue weighted by atomic mass is 16.1. The molecule has 1 fully saturated rings. The van der Waals surface area contributed by atoms with Crippen LogP contribution in [0.3, 0.4) is 0 Å². The number of aldehydes is 1. The maximum Gasteiger partial charge on any atom is 0.251 e. The molecule has 0 bridgehead atoms. The molecule has 1 aliphatic rings. The van der Waals surface area contributed by atoms with Crippen molar-refractivity contribution in [2.24, 2.45) is 0 Å². The minimum absolute atomic E-state index is 0.236. The molecule has 2 N–H and O–H groups in total. The predicted octanol–water partition coefficient (Wildman–Crippen LogP) is 2.30. The third kappa shape index (κ3) is 7.08. The number of piperazine rings is 1. The summed E-state index contributed by atoms with van der Waals surface area (Å²) in [4.78, 5) is 30.9. The Labute approximate surface area is 186 Å². The molecule has 2 rings (SSSR count). The van der Waals surface area contributed by atoms with E-state index < -0.39 is 0 Å². The lowest BCUT2D eigenvalue weighted by Gasteiger charge is -2.32. The number of anilines is 1. The zero-order valence-corrected chi connectivity index (χ0v) is 18.9. The van der Waals surface area contributed by atoms with Gasteiger partial charge in [-0.25, -0.2) is 0 Å². The fourth-order valence-electron chi connectivity index (χ4n) is 3.51. The summed E-state index contributed by atoms with van der Waals surface area (Å²) in [7, 11) is 3.73. The van der Waals surface area contributed by atoms with Crippen molar-refractivity contribution >= 4 is 23.5 Å². The number of nitrogens with one attached hydrogen (secondary N) is 2. The minimum Gasteiger partial charge on any atom is -0.390 e. The first-order valence-electron chi connectivity index (χ1n) is 10.7. The Kier molecular flexibility index (Phi) is 10.00. The first kappa shape index (κ1) is 24.4. The predicted molar refractivity (Wildman–Crippen MR) is 128 cm³/mol. The van der Waals surface area contributed by atoms with Gasteiger partial charge in [0.1, 0.15) is 0 Å². The Morgan fingerprint density at radius 1 is 1.23 bits per heavy atom. The first-order valence-corrected chi connectivity index (χ1v) is 10.7. The van der Waals surface area contributed by atoms with E-state index in [1.807, 2.05) is 36.2 Å². The Morgan fingerprint density at radius 2 is 1.97 bits per heavy atom. The Hall–Kier alpha value is -2.90. The third-order valence-electron chi connectivity index (χ3n) is 5.37. The van der Waals surface area contributed by atoms with E-state index >= 15 is 0 Å². The molecule has 1 saturated heterocycles. The molecular formula is C24H35N5O2. The van der Waals surface area contributed by atoms with Gasteiger partial charge in [-0.15, -0.1) is 0 Å². The second-order valence-electron chi connectivity index (χ2n) is 7.55. The number of hydrogen-bond donors (Lipinski definition) is 2. The quantitative estimate of drug-likeness (QED) is 0.322. The van der Waals surface area contributed by atoms with Crippen molar-refractivity contribution in [1.29, 1.82) is 0 Å². The molecule has 0 aliphatic carbocycles. The van der Waals surface area contributed by atoms with Crippen molar-refractivity contribution in [3.05, 3.63) is 60.6 Å². The van der Waals surface area contributed by atoms with E-state index in [-0.39, 0.29) is 5.91 Å². The second-order valence-corrected chi connectivity index (χ2v) is 7.55. The monoisotopic (exact) mass is 425 g/mol. The van der Waals surface area contributed by atoms with Crippen LogP contribution in [0.1, 0.15) is 29.3 Å². The van der Waals surface area contributed by atoms with Gasteiger partial charge in [0.15, 0.2) is 6.29 Å². The van der Waals surface area contributed by atoms with E-state index in [0.29, 0.717) is 16.7 Å². The zero-order chi connectivity index (χ0) is 22.6. The SMILES string of the molecule is C=CN(/C=C\C)c1ccc(C(=O)NC)c(/C(C=O)=C/NCCCN2CCN(C)CC2)c1. The van der Waals surface area contributed by atoms with Gasteiger partial charge in [0.2, 0.25) is 0 Å². The van der Waals surface area contributed by atoms with Gasteiger partial charge in [-0.05, 0) is 45.1 Å². The number of amides is 1. The molecule has 1 aliphatic heterocycles.